The van der Waals surface area contributed by atoms with Gasteiger partial charge in [-0.1, -0.05) is 24.3 Å². The number of amides is 2. The Morgan fingerprint density at radius 1 is 0.902 bits per heavy atom. The molecule has 15 heteroatoms. The van der Waals surface area contributed by atoms with Crippen molar-refractivity contribution >= 4 is 72.6 Å². The predicted molar refractivity (Wildman–Crippen MR) is 166 cm³/mol. The zero-order chi connectivity index (χ0) is 28.7. The average Bonchev–Trinajstić information content (AvgIpc) is 2.83. The summed E-state index contributed by atoms with van der Waals surface area (Å²) >= 11 is 0. The van der Waals surface area contributed by atoms with E-state index in [1.807, 2.05) is 0 Å². The van der Waals surface area contributed by atoms with Crippen LogP contribution in [0.2, 0.25) is 0 Å². The largest absolute Gasteiger partial charge is 0.480 e. The molecule has 0 saturated heterocycles. The van der Waals surface area contributed by atoms with Gasteiger partial charge in [-0.05, 0) is 63.5 Å². The molecule has 0 bridgehead atoms. The number of carboxylic acids is 2. The van der Waals surface area contributed by atoms with E-state index in [4.69, 9.17) is 22.0 Å². The minimum Gasteiger partial charge on any atom is -0.480 e. The van der Waals surface area contributed by atoms with Gasteiger partial charge in [0.05, 0.1) is 24.5 Å². The Labute approximate surface area is 259 Å². The van der Waals surface area contributed by atoms with Crippen molar-refractivity contribution in [1.82, 2.24) is 10.2 Å². The van der Waals surface area contributed by atoms with Gasteiger partial charge in [0, 0.05) is 13.1 Å². The first kappa shape index (κ1) is 42.5. The monoisotopic (exact) mass is 640 g/mol. The molecule has 2 atom stereocenters. The number of carbonyl (C=O) groups is 4. The highest BCUT2D eigenvalue weighted by Gasteiger charge is 2.20. The van der Waals surface area contributed by atoms with E-state index in [9.17, 15) is 24.3 Å². The zero-order valence-corrected chi connectivity index (χ0v) is 25.8. The van der Waals surface area contributed by atoms with Gasteiger partial charge in [0.25, 0.3) is 0 Å². The van der Waals surface area contributed by atoms with Gasteiger partial charge >= 0.3 is 11.9 Å². The third kappa shape index (κ3) is 18.2. The maximum absolute atomic E-state index is 12.7. The van der Waals surface area contributed by atoms with Crippen LogP contribution in [0.1, 0.15) is 63.5 Å². The Hall–Kier alpha value is -2.93. The number of aliphatic imine (C=N–C) groups is 1. The Bertz CT molecular complexity index is 1010. The summed E-state index contributed by atoms with van der Waals surface area (Å²) in [4.78, 5) is 52.8. The first-order valence-electron chi connectivity index (χ1n) is 12.6. The fourth-order valence-corrected chi connectivity index (χ4v) is 3.69. The van der Waals surface area contributed by atoms with E-state index < -0.39 is 29.9 Å². The van der Waals surface area contributed by atoms with E-state index in [2.05, 4.69) is 10.3 Å². The van der Waals surface area contributed by atoms with Crippen molar-refractivity contribution in [3.63, 3.8) is 0 Å². The number of nitrogens with zero attached hydrogens (tertiary/aromatic N) is 2. The topological polar surface area (TPSA) is 212 Å². The Morgan fingerprint density at radius 3 is 1.93 bits per heavy atom. The van der Waals surface area contributed by atoms with Crippen LogP contribution in [0.4, 0.5) is 0 Å². The zero-order valence-electron chi connectivity index (χ0n) is 23.3. The average molecular weight is 642 g/mol. The molecule has 1 aromatic rings. The van der Waals surface area contributed by atoms with Gasteiger partial charge in [0.1, 0.15) is 12.1 Å². The molecule has 0 radical (unpaired) electrons. The minimum atomic E-state index is -1.10. The number of carboxylic acid groups (broad SMARTS) is 2. The number of benzene rings is 1. The van der Waals surface area contributed by atoms with Crippen LogP contribution in [0.3, 0.4) is 0 Å². The molecule has 1 aromatic carbocycles. The van der Waals surface area contributed by atoms with Crippen molar-refractivity contribution < 1.29 is 29.4 Å². The molecule has 0 fully saturated rings. The number of amidine groups is 2. The second kappa shape index (κ2) is 22.7. The summed E-state index contributed by atoms with van der Waals surface area (Å²) in [6.45, 7) is 4.00. The summed E-state index contributed by atoms with van der Waals surface area (Å²) in [6.07, 6.45) is 2.94. The normalized spacial score (nSPS) is 11.9. The lowest BCUT2D eigenvalue weighted by atomic mass is 10.0. The molecule has 0 saturated carbocycles. The third-order valence-corrected chi connectivity index (χ3v) is 5.81. The standard InChI is InChI=1S/C26H40N6O6.3ClH/c1-17(27)30-13-5-3-8-22(26(37)38)31-23(33)15-19-9-11-20(12-10-19)16-24(34)32(18(2)28)14-6-4-7-21(29)25(35)36;;;/h9-12,21-22,28H,3-8,13-16,29H2,1-2H3,(H2,27,30)(H,31,33)(H,35,36)(H,37,38);3*1H. The Kier molecular flexibility index (Phi) is 23.6. The molecule has 0 aliphatic carbocycles. The van der Waals surface area contributed by atoms with Crippen LogP contribution >= 0.6 is 37.2 Å². The quantitative estimate of drug-likeness (QED) is 0.0843. The van der Waals surface area contributed by atoms with Crippen LogP contribution < -0.4 is 16.8 Å². The van der Waals surface area contributed by atoms with Crippen LogP contribution in [0, 0.1) is 5.41 Å². The first-order valence-corrected chi connectivity index (χ1v) is 12.6. The summed E-state index contributed by atoms with van der Waals surface area (Å²) < 4.78 is 0. The number of unbranched alkanes of at least 4 members (excludes halogenated alkanes) is 2. The van der Waals surface area contributed by atoms with E-state index in [1.54, 1.807) is 31.2 Å². The second-order valence-corrected chi connectivity index (χ2v) is 9.22. The molecule has 0 aliphatic heterocycles. The molecule has 2 amide bonds. The van der Waals surface area contributed by atoms with Crippen molar-refractivity contribution in [1.29, 1.82) is 5.41 Å². The van der Waals surface area contributed by atoms with Gasteiger partial charge in [0.2, 0.25) is 11.8 Å². The van der Waals surface area contributed by atoms with Crippen molar-refractivity contribution in [2.45, 2.75) is 77.3 Å². The van der Waals surface area contributed by atoms with Gasteiger partial charge < -0.3 is 31.9 Å². The first-order chi connectivity index (χ1) is 17.9. The van der Waals surface area contributed by atoms with Crippen LogP contribution in [-0.2, 0) is 32.0 Å². The molecule has 0 aliphatic rings. The number of aliphatic carboxylic acids is 2. The van der Waals surface area contributed by atoms with E-state index in [-0.39, 0.29) is 68.2 Å². The molecule has 0 aromatic heterocycles. The van der Waals surface area contributed by atoms with Gasteiger partial charge in [-0.15, -0.1) is 37.2 Å². The highest BCUT2D eigenvalue weighted by atomic mass is 35.5. The molecular formula is C26H43Cl3N6O6. The molecule has 12 nitrogen and oxygen atoms in total. The van der Waals surface area contributed by atoms with Gasteiger partial charge in [-0.3, -0.25) is 24.8 Å². The van der Waals surface area contributed by atoms with Crippen LogP contribution in [0.25, 0.3) is 0 Å². The van der Waals surface area contributed by atoms with Crippen molar-refractivity contribution in [3.8, 4) is 0 Å². The van der Waals surface area contributed by atoms with E-state index in [0.717, 1.165) is 0 Å². The number of halogens is 3. The van der Waals surface area contributed by atoms with Gasteiger partial charge in [-0.25, -0.2) is 4.79 Å². The summed E-state index contributed by atoms with van der Waals surface area (Å²) in [5.74, 6) is -2.26. The summed E-state index contributed by atoms with van der Waals surface area (Å²) in [5, 5.41) is 28.7. The van der Waals surface area contributed by atoms with Crippen LogP contribution in [0.15, 0.2) is 29.3 Å². The molecule has 234 valence electrons. The Morgan fingerprint density at radius 2 is 1.44 bits per heavy atom. The number of rotatable bonds is 17. The van der Waals surface area contributed by atoms with Gasteiger partial charge in [0.15, 0.2) is 0 Å². The predicted octanol–water partition coefficient (Wildman–Crippen LogP) is 2.56. The molecular weight excluding hydrogens is 599 g/mol. The SMILES string of the molecule is CC(=N)N(CCCCC(N)C(=O)O)C(=O)Cc1ccc(CC(=O)NC(CCCCN=C(C)N)C(=O)O)cc1.Cl.Cl.Cl. The molecule has 2 unspecified atom stereocenters. The maximum Gasteiger partial charge on any atom is 0.326 e. The number of nitrogens with two attached hydrogens (primary N) is 2. The lowest BCUT2D eigenvalue weighted by molar-refractivity contribution is -0.142. The molecule has 0 spiro atoms. The summed E-state index contributed by atoms with van der Waals surface area (Å²) in [7, 11) is 0. The lowest BCUT2D eigenvalue weighted by Gasteiger charge is -2.21. The lowest BCUT2D eigenvalue weighted by Crippen LogP contribution is -2.41. The van der Waals surface area contributed by atoms with Crippen molar-refractivity contribution in [2.24, 2.45) is 16.5 Å². The van der Waals surface area contributed by atoms with E-state index >= 15 is 0 Å². The van der Waals surface area contributed by atoms with E-state index in [0.29, 0.717) is 62.2 Å². The third-order valence-electron chi connectivity index (χ3n) is 5.81. The summed E-state index contributed by atoms with van der Waals surface area (Å²) in [6, 6.07) is 4.93. The molecule has 0 heterocycles. The van der Waals surface area contributed by atoms with Crippen molar-refractivity contribution in [3.05, 3.63) is 35.4 Å². The summed E-state index contributed by atoms with van der Waals surface area (Å²) in [5.41, 5.74) is 12.3. The maximum atomic E-state index is 12.7. The van der Waals surface area contributed by atoms with Crippen LogP contribution in [-0.4, -0.2) is 75.7 Å². The fraction of sp³-hybridized carbons (Fsp3) is 0.538. The molecule has 1 rings (SSSR count). The number of hydrogen-bond acceptors (Lipinski definition) is 7. The Balaban J connectivity index is -0.00000481. The number of nitrogens with one attached hydrogen (secondary N) is 2. The molecule has 8 N–H and O–H groups in total. The number of hydrogen-bond donors (Lipinski definition) is 6. The van der Waals surface area contributed by atoms with Gasteiger partial charge in [-0.2, -0.15) is 0 Å². The minimum absolute atomic E-state index is 0. The van der Waals surface area contributed by atoms with E-state index in [1.165, 1.54) is 11.8 Å². The smallest absolute Gasteiger partial charge is 0.326 e. The number of carbonyl (C=O) groups excluding carboxylic acids is 2. The second-order valence-electron chi connectivity index (χ2n) is 9.22. The highest BCUT2D eigenvalue weighted by Crippen LogP contribution is 2.10. The van der Waals surface area contributed by atoms with Crippen molar-refractivity contribution in [2.75, 3.05) is 13.1 Å². The molecule has 41 heavy (non-hydrogen) atoms. The van der Waals surface area contributed by atoms with Crippen LogP contribution in [0.5, 0.6) is 0 Å². The fourth-order valence-electron chi connectivity index (χ4n) is 3.69. The highest BCUT2D eigenvalue weighted by molar-refractivity contribution is 5.96.